The standard InChI is InChI=1S/C30H30N2O7/c1-5-36-26-17-24(32-30(35)20-10-8-7-9-11-20)27(37-6-2)16-23(26)31-29(34)19(4)38-21-12-13-22-18(3)14-28(33)39-25(22)15-21/h7-17,19H,5-6H2,1-4H3,(H,31,34)(H,32,35)/t19-/m1/s1. The van der Waals surface area contributed by atoms with Gasteiger partial charge in [-0.1, -0.05) is 18.2 Å². The van der Waals surface area contributed by atoms with Crippen LogP contribution >= 0.6 is 0 Å². The second kappa shape index (κ2) is 12.2. The molecule has 0 aliphatic carbocycles. The first-order chi connectivity index (χ1) is 18.8. The van der Waals surface area contributed by atoms with Gasteiger partial charge in [0.15, 0.2) is 6.10 Å². The normalized spacial score (nSPS) is 11.5. The SMILES string of the molecule is CCOc1cc(NC(=O)[C@@H](C)Oc2ccc3c(C)cc(=O)oc3c2)c(OCC)cc1NC(=O)c1ccccc1. The number of carbonyl (C=O) groups is 2. The van der Waals surface area contributed by atoms with Gasteiger partial charge in [0, 0.05) is 35.2 Å². The summed E-state index contributed by atoms with van der Waals surface area (Å²) in [6.45, 7) is 7.73. The summed E-state index contributed by atoms with van der Waals surface area (Å²) in [6, 6.07) is 18.5. The van der Waals surface area contributed by atoms with Gasteiger partial charge in [-0.2, -0.15) is 0 Å². The Morgan fingerprint density at radius 2 is 1.51 bits per heavy atom. The molecule has 0 fully saturated rings. The van der Waals surface area contributed by atoms with Gasteiger partial charge in [-0.05, 0) is 57.5 Å². The molecule has 3 aromatic carbocycles. The summed E-state index contributed by atoms with van der Waals surface area (Å²) in [7, 11) is 0. The first-order valence-corrected chi connectivity index (χ1v) is 12.6. The number of fused-ring (bicyclic) bond motifs is 1. The van der Waals surface area contributed by atoms with Crippen LogP contribution in [0.15, 0.2) is 75.9 Å². The molecule has 0 aliphatic rings. The van der Waals surface area contributed by atoms with E-state index in [2.05, 4.69) is 10.6 Å². The molecule has 39 heavy (non-hydrogen) atoms. The van der Waals surface area contributed by atoms with Gasteiger partial charge in [0.05, 0.1) is 24.6 Å². The van der Waals surface area contributed by atoms with Crippen molar-refractivity contribution in [2.45, 2.75) is 33.8 Å². The zero-order valence-electron chi connectivity index (χ0n) is 22.2. The molecule has 4 rings (SSSR count). The molecule has 0 saturated carbocycles. The lowest BCUT2D eigenvalue weighted by molar-refractivity contribution is -0.122. The Bertz CT molecular complexity index is 1550. The van der Waals surface area contributed by atoms with E-state index in [-0.39, 0.29) is 5.91 Å². The second-order valence-corrected chi connectivity index (χ2v) is 8.69. The minimum Gasteiger partial charge on any atom is -0.492 e. The summed E-state index contributed by atoms with van der Waals surface area (Å²) in [5.41, 5.74) is 1.96. The van der Waals surface area contributed by atoms with Crippen molar-refractivity contribution in [2.24, 2.45) is 0 Å². The van der Waals surface area contributed by atoms with Crippen LogP contribution in [0.2, 0.25) is 0 Å². The van der Waals surface area contributed by atoms with Crippen LogP contribution in [0.1, 0.15) is 36.7 Å². The van der Waals surface area contributed by atoms with E-state index in [1.54, 1.807) is 61.5 Å². The number of ether oxygens (including phenoxy) is 3. The molecule has 0 aliphatic heterocycles. The zero-order valence-corrected chi connectivity index (χ0v) is 22.2. The Labute approximate surface area is 225 Å². The predicted molar refractivity (Wildman–Crippen MR) is 149 cm³/mol. The molecule has 4 aromatic rings. The number of nitrogens with one attached hydrogen (secondary N) is 2. The van der Waals surface area contributed by atoms with E-state index in [1.807, 2.05) is 26.8 Å². The molecule has 2 amide bonds. The van der Waals surface area contributed by atoms with Crippen LogP contribution in [0.4, 0.5) is 11.4 Å². The summed E-state index contributed by atoms with van der Waals surface area (Å²) in [5, 5.41) is 6.46. The fraction of sp³-hybridized carbons (Fsp3) is 0.233. The fourth-order valence-electron chi connectivity index (χ4n) is 3.96. The van der Waals surface area contributed by atoms with Crippen molar-refractivity contribution in [1.29, 1.82) is 0 Å². The molecule has 9 heteroatoms. The third-order valence-corrected chi connectivity index (χ3v) is 5.83. The van der Waals surface area contributed by atoms with Crippen LogP contribution < -0.4 is 30.5 Å². The lowest BCUT2D eigenvalue weighted by atomic mass is 10.1. The van der Waals surface area contributed by atoms with Gasteiger partial charge >= 0.3 is 5.63 Å². The van der Waals surface area contributed by atoms with Crippen molar-refractivity contribution < 1.29 is 28.2 Å². The lowest BCUT2D eigenvalue weighted by Crippen LogP contribution is -2.30. The molecule has 202 valence electrons. The van der Waals surface area contributed by atoms with Gasteiger partial charge in [0.1, 0.15) is 22.8 Å². The predicted octanol–water partition coefficient (Wildman–Crippen LogP) is 5.56. The monoisotopic (exact) mass is 530 g/mol. The van der Waals surface area contributed by atoms with Crippen LogP contribution in [0.3, 0.4) is 0 Å². The molecule has 0 unspecified atom stereocenters. The van der Waals surface area contributed by atoms with Gasteiger partial charge in [0.25, 0.3) is 11.8 Å². The van der Waals surface area contributed by atoms with Crippen LogP contribution in [-0.2, 0) is 4.79 Å². The molecule has 1 heterocycles. The van der Waals surface area contributed by atoms with Crippen molar-refractivity contribution in [3.63, 3.8) is 0 Å². The fourth-order valence-corrected chi connectivity index (χ4v) is 3.96. The zero-order chi connectivity index (χ0) is 27.9. The molecule has 0 radical (unpaired) electrons. The summed E-state index contributed by atoms with van der Waals surface area (Å²) in [6.07, 6.45) is -0.901. The molecule has 9 nitrogen and oxygen atoms in total. The van der Waals surface area contributed by atoms with Crippen LogP contribution in [0, 0.1) is 6.92 Å². The van der Waals surface area contributed by atoms with E-state index in [0.717, 1.165) is 10.9 Å². The van der Waals surface area contributed by atoms with E-state index in [0.29, 0.717) is 53.0 Å². The summed E-state index contributed by atoms with van der Waals surface area (Å²) >= 11 is 0. The minimum absolute atomic E-state index is 0.306. The Balaban J connectivity index is 1.55. The average Bonchev–Trinajstić information content (AvgIpc) is 2.91. The Morgan fingerprint density at radius 1 is 0.872 bits per heavy atom. The largest absolute Gasteiger partial charge is 0.492 e. The number of carbonyl (C=O) groups excluding carboxylic acids is 2. The van der Waals surface area contributed by atoms with Gasteiger partial charge in [-0.15, -0.1) is 0 Å². The highest BCUT2D eigenvalue weighted by Crippen LogP contribution is 2.37. The highest BCUT2D eigenvalue weighted by Gasteiger charge is 2.21. The maximum atomic E-state index is 13.1. The third-order valence-electron chi connectivity index (χ3n) is 5.83. The van der Waals surface area contributed by atoms with Crippen molar-refractivity contribution in [3.8, 4) is 17.2 Å². The molecule has 2 N–H and O–H groups in total. The average molecular weight is 531 g/mol. The van der Waals surface area contributed by atoms with Gasteiger partial charge < -0.3 is 29.3 Å². The second-order valence-electron chi connectivity index (χ2n) is 8.69. The number of rotatable bonds is 10. The minimum atomic E-state index is -0.901. The number of amides is 2. The Morgan fingerprint density at radius 3 is 2.15 bits per heavy atom. The van der Waals surface area contributed by atoms with Crippen molar-refractivity contribution in [2.75, 3.05) is 23.8 Å². The number of hydrogen-bond acceptors (Lipinski definition) is 7. The van der Waals surface area contributed by atoms with Crippen LogP contribution in [0.25, 0.3) is 11.0 Å². The number of aryl methyl sites for hydroxylation is 1. The van der Waals surface area contributed by atoms with E-state index in [9.17, 15) is 14.4 Å². The van der Waals surface area contributed by atoms with Gasteiger partial charge in [-0.25, -0.2) is 4.79 Å². The summed E-state index contributed by atoms with van der Waals surface area (Å²) in [4.78, 5) is 37.6. The molecule has 1 atom stereocenters. The Kier molecular flexibility index (Phi) is 8.50. The van der Waals surface area contributed by atoms with Crippen LogP contribution in [0.5, 0.6) is 17.2 Å². The van der Waals surface area contributed by atoms with Gasteiger partial charge in [-0.3, -0.25) is 9.59 Å². The van der Waals surface area contributed by atoms with E-state index in [4.69, 9.17) is 18.6 Å². The van der Waals surface area contributed by atoms with E-state index < -0.39 is 17.6 Å². The molecular formula is C30H30N2O7. The smallest absolute Gasteiger partial charge is 0.336 e. The molecule has 0 bridgehead atoms. The van der Waals surface area contributed by atoms with Crippen molar-refractivity contribution in [3.05, 3.63) is 88.3 Å². The first-order valence-electron chi connectivity index (χ1n) is 12.6. The number of anilines is 2. The highest BCUT2D eigenvalue weighted by molar-refractivity contribution is 6.05. The quantitative estimate of drug-likeness (QED) is 0.258. The Hall–Kier alpha value is -4.79. The topological polar surface area (TPSA) is 116 Å². The maximum Gasteiger partial charge on any atom is 0.336 e. The van der Waals surface area contributed by atoms with E-state index in [1.165, 1.54) is 6.07 Å². The molecule has 0 spiro atoms. The number of hydrogen-bond donors (Lipinski definition) is 2. The van der Waals surface area contributed by atoms with Crippen molar-refractivity contribution >= 4 is 34.2 Å². The highest BCUT2D eigenvalue weighted by atomic mass is 16.5. The summed E-state index contributed by atoms with van der Waals surface area (Å²) in [5.74, 6) is 0.351. The van der Waals surface area contributed by atoms with Crippen molar-refractivity contribution in [1.82, 2.24) is 0 Å². The molecular weight excluding hydrogens is 500 g/mol. The molecule has 0 saturated heterocycles. The van der Waals surface area contributed by atoms with Crippen LogP contribution in [-0.4, -0.2) is 31.1 Å². The summed E-state index contributed by atoms with van der Waals surface area (Å²) < 4.78 is 22.6. The van der Waals surface area contributed by atoms with E-state index >= 15 is 0 Å². The lowest BCUT2D eigenvalue weighted by Gasteiger charge is -2.19. The number of benzene rings is 3. The molecule has 1 aromatic heterocycles. The third kappa shape index (κ3) is 6.56. The maximum absolute atomic E-state index is 13.1. The first kappa shape index (κ1) is 27.3. The van der Waals surface area contributed by atoms with Gasteiger partial charge in [0.2, 0.25) is 0 Å².